The molecule has 3 rings (SSSR count). The quantitative estimate of drug-likeness (QED) is 0.847. The molecular formula is C20H22ClNO3. The van der Waals surface area contributed by atoms with Crippen LogP contribution in [-0.2, 0) is 6.42 Å². The highest BCUT2D eigenvalue weighted by Gasteiger charge is 2.22. The van der Waals surface area contributed by atoms with Crippen molar-refractivity contribution >= 4 is 23.3 Å². The van der Waals surface area contributed by atoms with E-state index in [1.165, 1.54) is 11.1 Å². The van der Waals surface area contributed by atoms with Gasteiger partial charge in [0.25, 0.3) is 0 Å². The Labute approximate surface area is 153 Å². The van der Waals surface area contributed by atoms with Crippen LogP contribution in [0.4, 0.5) is 5.69 Å². The van der Waals surface area contributed by atoms with Crippen molar-refractivity contribution in [3.8, 4) is 5.75 Å². The lowest BCUT2D eigenvalue weighted by Crippen LogP contribution is -2.18. The number of aryl methyl sites for hydroxylation is 1. The summed E-state index contributed by atoms with van der Waals surface area (Å²) in [7, 11) is 3.76. The van der Waals surface area contributed by atoms with E-state index in [9.17, 15) is 9.90 Å². The fraction of sp³-hybridized carbons (Fsp3) is 0.350. The molecule has 1 atom stereocenters. The first kappa shape index (κ1) is 17.6. The first-order chi connectivity index (χ1) is 12.0. The van der Waals surface area contributed by atoms with Crippen LogP contribution in [0.2, 0.25) is 5.02 Å². The standard InChI is InChI=1S/C20H22ClNO3/c1-22(2)18-11-14(20(23)24)6-9-19(18)25-12-15-5-3-4-13-10-16(21)7-8-17(13)15/h6-11,15H,3-5,12H2,1-2H3,(H,23,24)/t15-/m1/s1. The number of carboxylic acid groups (broad SMARTS) is 1. The summed E-state index contributed by atoms with van der Waals surface area (Å²) >= 11 is 6.11. The molecule has 0 amide bonds. The molecule has 0 unspecified atom stereocenters. The number of hydrogen-bond acceptors (Lipinski definition) is 3. The largest absolute Gasteiger partial charge is 0.491 e. The summed E-state index contributed by atoms with van der Waals surface area (Å²) in [6.45, 7) is 0.571. The van der Waals surface area contributed by atoms with E-state index in [0.29, 0.717) is 18.3 Å². The zero-order valence-corrected chi connectivity index (χ0v) is 15.2. The summed E-state index contributed by atoms with van der Waals surface area (Å²) in [5, 5.41) is 9.95. The van der Waals surface area contributed by atoms with Crippen LogP contribution in [0.3, 0.4) is 0 Å². The average Bonchev–Trinajstić information content (AvgIpc) is 2.59. The molecule has 1 aliphatic carbocycles. The van der Waals surface area contributed by atoms with Gasteiger partial charge in [0.2, 0.25) is 0 Å². The Morgan fingerprint density at radius 3 is 2.80 bits per heavy atom. The fourth-order valence-electron chi connectivity index (χ4n) is 3.37. The number of anilines is 1. The molecular weight excluding hydrogens is 338 g/mol. The number of carboxylic acids is 1. The zero-order chi connectivity index (χ0) is 18.0. The number of rotatable bonds is 5. The smallest absolute Gasteiger partial charge is 0.335 e. The van der Waals surface area contributed by atoms with Crippen molar-refractivity contribution in [3.05, 3.63) is 58.1 Å². The lowest BCUT2D eigenvalue weighted by molar-refractivity contribution is 0.0697. The maximum atomic E-state index is 11.2. The van der Waals surface area contributed by atoms with Crippen LogP contribution in [0, 0.1) is 0 Å². The van der Waals surface area contributed by atoms with E-state index >= 15 is 0 Å². The molecule has 2 aromatic carbocycles. The lowest BCUT2D eigenvalue weighted by atomic mass is 9.83. The average molecular weight is 360 g/mol. The summed E-state index contributed by atoms with van der Waals surface area (Å²) in [5.74, 6) is 0.0963. The highest BCUT2D eigenvalue weighted by atomic mass is 35.5. The predicted molar refractivity (Wildman–Crippen MR) is 100 cm³/mol. The lowest BCUT2D eigenvalue weighted by Gasteiger charge is -2.27. The Balaban J connectivity index is 1.80. The van der Waals surface area contributed by atoms with Gasteiger partial charge >= 0.3 is 5.97 Å². The van der Waals surface area contributed by atoms with Gasteiger partial charge in [0.1, 0.15) is 5.75 Å². The van der Waals surface area contributed by atoms with E-state index < -0.39 is 5.97 Å². The van der Waals surface area contributed by atoms with Crippen LogP contribution in [0.25, 0.3) is 0 Å². The molecule has 0 saturated carbocycles. The van der Waals surface area contributed by atoms with Gasteiger partial charge in [-0.15, -0.1) is 0 Å². The molecule has 0 bridgehead atoms. The number of ether oxygens (including phenoxy) is 1. The van der Waals surface area contributed by atoms with E-state index in [1.54, 1.807) is 18.2 Å². The summed E-state index contributed by atoms with van der Waals surface area (Å²) < 4.78 is 6.09. The van der Waals surface area contributed by atoms with Crippen molar-refractivity contribution in [3.63, 3.8) is 0 Å². The predicted octanol–water partition coefficient (Wildman–Crippen LogP) is 4.60. The monoisotopic (exact) mass is 359 g/mol. The Morgan fingerprint density at radius 1 is 1.28 bits per heavy atom. The molecule has 5 heteroatoms. The van der Waals surface area contributed by atoms with Crippen LogP contribution in [0.5, 0.6) is 5.75 Å². The fourth-order valence-corrected chi connectivity index (χ4v) is 3.56. The second-order valence-electron chi connectivity index (χ2n) is 6.63. The highest BCUT2D eigenvalue weighted by molar-refractivity contribution is 6.30. The molecule has 0 fully saturated rings. The number of aromatic carboxylic acids is 1. The Bertz CT molecular complexity index is 789. The van der Waals surface area contributed by atoms with Crippen molar-refractivity contribution in [1.82, 2.24) is 0 Å². The van der Waals surface area contributed by atoms with E-state index in [0.717, 1.165) is 30.0 Å². The minimum Gasteiger partial charge on any atom is -0.491 e. The van der Waals surface area contributed by atoms with Crippen LogP contribution >= 0.6 is 11.6 Å². The molecule has 132 valence electrons. The molecule has 0 heterocycles. The number of nitrogens with zero attached hydrogens (tertiary/aromatic N) is 1. The minimum absolute atomic E-state index is 0.258. The van der Waals surface area contributed by atoms with Crippen molar-refractivity contribution in [2.45, 2.75) is 25.2 Å². The number of halogens is 1. The van der Waals surface area contributed by atoms with Crippen LogP contribution in [0.15, 0.2) is 36.4 Å². The Morgan fingerprint density at radius 2 is 2.08 bits per heavy atom. The van der Waals surface area contributed by atoms with Crippen molar-refractivity contribution in [2.24, 2.45) is 0 Å². The summed E-state index contributed by atoms with van der Waals surface area (Å²) in [6, 6.07) is 11.1. The van der Waals surface area contributed by atoms with Crippen LogP contribution in [0.1, 0.15) is 40.2 Å². The van der Waals surface area contributed by atoms with Crippen LogP contribution in [-0.4, -0.2) is 31.8 Å². The summed E-state index contributed by atoms with van der Waals surface area (Å²) in [4.78, 5) is 13.1. The number of benzene rings is 2. The topological polar surface area (TPSA) is 49.8 Å². The first-order valence-electron chi connectivity index (χ1n) is 8.41. The van der Waals surface area contributed by atoms with E-state index in [-0.39, 0.29) is 5.56 Å². The third-order valence-corrected chi connectivity index (χ3v) is 4.91. The Kier molecular flexibility index (Phi) is 5.19. The molecule has 0 spiro atoms. The number of carbonyl (C=O) groups is 1. The highest BCUT2D eigenvalue weighted by Crippen LogP contribution is 2.35. The molecule has 25 heavy (non-hydrogen) atoms. The molecule has 0 radical (unpaired) electrons. The van der Waals surface area contributed by atoms with Gasteiger partial charge in [0.15, 0.2) is 0 Å². The maximum Gasteiger partial charge on any atom is 0.335 e. The van der Waals surface area contributed by atoms with Gasteiger partial charge in [-0.2, -0.15) is 0 Å². The molecule has 2 aromatic rings. The van der Waals surface area contributed by atoms with E-state index in [1.807, 2.05) is 25.1 Å². The molecule has 0 aliphatic heterocycles. The molecule has 0 saturated heterocycles. The van der Waals surface area contributed by atoms with Gasteiger partial charge in [-0.3, -0.25) is 0 Å². The SMILES string of the molecule is CN(C)c1cc(C(=O)O)ccc1OC[C@H]1CCCc2cc(Cl)ccc21. The molecule has 1 N–H and O–H groups in total. The summed E-state index contributed by atoms with van der Waals surface area (Å²) in [6.07, 6.45) is 3.27. The van der Waals surface area contributed by atoms with Gasteiger partial charge in [-0.05, 0) is 60.7 Å². The third kappa shape index (κ3) is 3.90. The van der Waals surface area contributed by atoms with Crippen molar-refractivity contribution in [1.29, 1.82) is 0 Å². The minimum atomic E-state index is -0.937. The van der Waals surface area contributed by atoms with Gasteiger partial charge in [0.05, 0.1) is 17.9 Å². The second kappa shape index (κ2) is 7.36. The van der Waals surface area contributed by atoms with Crippen LogP contribution < -0.4 is 9.64 Å². The third-order valence-electron chi connectivity index (χ3n) is 4.67. The maximum absolute atomic E-state index is 11.2. The van der Waals surface area contributed by atoms with E-state index in [4.69, 9.17) is 16.3 Å². The Hall–Kier alpha value is -2.20. The van der Waals surface area contributed by atoms with Crippen molar-refractivity contribution < 1.29 is 14.6 Å². The second-order valence-corrected chi connectivity index (χ2v) is 7.06. The zero-order valence-electron chi connectivity index (χ0n) is 14.5. The van der Waals surface area contributed by atoms with E-state index in [2.05, 4.69) is 12.1 Å². The van der Waals surface area contributed by atoms with Gasteiger partial charge in [0, 0.05) is 25.0 Å². The normalized spacial score (nSPS) is 16.2. The molecule has 4 nitrogen and oxygen atoms in total. The summed E-state index contributed by atoms with van der Waals surface area (Å²) in [5.41, 5.74) is 3.64. The number of fused-ring (bicyclic) bond motifs is 1. The van der Waals surface area contributed by atoms with Gasteiger partial charge in [-0.1, -0.05) is 17.7 Å². The molecule has 1 aliphatic rings. The molecule has 0 aromatic heterocycles. The van der Waals surface area contributed by atoms with Gasteiger partial charge in [-0.25, -0.2) is 4.79 Å². The number of hydrogen-bond donors (Lipinski definition) is 1. The first-order valence-corrected chi connectivity index (χ1v) is 8.79. The van der Waals surface area contributed by atoms with Crippen molar-refractivity contribution in [2.75, 3.05) is 25.6 Å². The van der Waals surface area contributed by atoms with Gasteiger partial charge < -0.3 is 14.7 Å².